The molecule has 0 aliphatic heterocycles. The summed E-state index contributed by atoms with van der Waals surface area (Å²) in [5, 5.41) is 3.37. The van der Waals surface area contributed by atoms with E-state index in [1.807, 2.05) is 32.0 Å². The van der Waals surface area contributed by atoms with E-state index < -0.39 is 5.91 Å². The Morgan fingerprint density at radius 3 is 2.59 bits per heavy atom. The highest BCUT2D eigenvalue weighted by molar-refractivity contribution is 7.17. The fraction of sp³-hybridized carbons (Fsp3) is 0.364. The molecule has 7 heteroatoms. The molecule has 0 atom stereocenters. The third-order valence-electron chi connectivity index (χ3n) is 4.65. The van der Waals surface area contributed by atoms with Gasteiger partial charge in [0.1, 0.15) is 5.00 Å². The number of thiophene rings is 1. The molecule has 0 bridgehead atoms. The smallest absolute Gasteiger partial charge is 0.251 e. The Kier molecular flexibility index (Phi) is 6.93. The number of hydrogen-bond acceptors (Lipinski definition) is 5. The molecular formula is C22H26N2O4S. The van der Waals surface area contributed by atoms with Gasteiger partial charge < -0.3 is 20.5 Å². The predicted octanol–water partition coefficient (Wildman–Crippen LogP) is 4.18. The van der Waals surface area contributed by atoms with E-state index in [9.17, 15) is 9.59 Å². The molecule has 29 heavy (non-hydrogen) atoms. The van der Waals surface area contributed by atoms with Crippen LogP contribution in [0, 0.1) is 0 Å². The third kappa shape index (κ3) is 4.98. The van der Waals surface area contributed by atoms with Crippen LogP contribution in [-0.4, -0.2) is 25.0 Å². The fourth-order valence-electron chi connectivity index (χ4n) is 3.41. The van der Waals surface area contributed by atoms with Crippen LogP contribution >= 0.6 is 11.3 Å². The number of carbonyl (C=O) groups excluding carboxylic acids is 2. The molecule has 6 nitrogen and oxygen atoms in total. The van der Waals surface area contributed by atoms with E-state index in [1.54, 1.807) is 6.08 Å². The molecule has 3 rings (SSSR count). The van der Waals surface area contributed by atoms with Gasteiger partial charge in [-0.2, -0.15) is 0 Å². The largest absolute Gasteiger partial charge is 0.490 e. The van der Waals surface area contributed by atoms with Crippen molar-refractivity contribution < 1.29 is 19.1 Å². The first-order valence-corrected chi connectivity index (χ1v) is 10.7. The number of anilines is 1. The van der Waals surface area contributed by atoms with Crippen molar-refractivity contribution in [2.75, 3.05) is 18.5 Å². The van der Waals surface area contributed by atoms with Crippen LogP contribution in [0.2, 0.25) is 0 Å². The van der Waals surface area contributed by atoms with E-state index in [1.165, 1.54) is 17.4 Å². The maximum atomic E-state index is 12.5. The van der Waals surface area contributed by atoms with E-state index in [-0.39, 0.29) is 5.91 Å². The summed E-state index contributed by atoms with van der Waals surface area (Å²) in [6, 6.07) is 5.51. The van der Waals surface area contributed by atoms with Crippen LogP contribution in [0.15, 0.2) is 24.3 Å². The zero-order valence-electron chi connectivity index (χ0n) is 16.7. The van der Waals surface area contributed by atoms with Crippen molar-refractivity contribution in [1.29, 1.82) is 0 Å². The number of amides is 2. The predicted molar refractivity (Wildman–Crippen MR) is 116 cm³/mol. The van der Waals surface area contributed by atoms with Gasteiger partial charge in [-0.3, -0.25) is 9.59 Å². The van der Waals surface area contributed by atoms with Gasteiger partial charge in [0.05, 0.1) is 18.8 Å². The second kappa shape index (κ2) is 9.60. The third-order valence-corrected chi connectivity index (χ3v) is 5.86. The number of benzene rings is 1. The minimum Gasteiger partial charge on any atom is -0.490 e. The molecule has 1 aliphatic carbocycles. The number of hydrogen-bond donors (Lipinski definition) is 2. The first-order valence-electron chi connectivity index (χ1n) is 9.86. The van der Waals surface area contributed by atoms with Crippen molar-refractivity contribution in [2.24, 2.45) is 5.73 Å². The van der Waals surface area contributed by atoms with Gasteiger partial charge in [0.15, 0.2) is 11.5 Å². The second-order valence-corrected chi connectivity index (χ2v) is 7.78. The minimum atomic E-state index is -0.489. The SMILES string of the molecule is CCOc1ccc(/C=C/C(=O)Nc2sc3c(c2C(N)=O)CCCC3)cc1OCC. The van der Waals surface area contributed by atoms with E-state index in [2.05, 4.69) is 5.32 Å². The lowest BCUT2D eigenvalue weighted by molar-refractivity contribution is -0.111. The zero-order chi connectivity index (χ0) is 20.8. The lowest BCUT2D eigenvalue weighted by Crippen LogP contribution is -2.17. The van der Waals surface area contributed by atoms with Crippen LogP contribution in [0.25, 0.3) is 6.08 Å². The number of nitrogens with one attached hydrogen (secondary N) is 1. The summed E-state index contributed by atoms with van der Waals surface area (Å²) in [5.41, 5.74) is 7.86. The Bertz CT molecular complexity index is 933. The lowest BCUT2D eigenvalue weighted by Gasteiger charge is -2.11. The van der Waals surface area contributed by atoms with Crippen molar-refractivity contribution in [2.45, 2.75) is 39.5 Å². The Hall–Kier alpha value is -2.80. The molecule has 0 saturated carbocycles. The molecule has 0 fully saturated rings. The Balaban J connectivity index is 1.76. The molecule has 154 valence electrons. The van der Waals surface area contributed by atoms with Crippen molar-refractivity contribution >= 4 is 34.2 Å². The molecule has 3 N–H and O–H groups in total. The highest BCUT2D eigenvalue weighted by atomic mass is 32.1. The van der Waals surface area contributed by atoms with Crippen LogP contribution in [0.4, 0.5) is 5.00 Å². The summed E-state index contributed by atoms with van der Waals surface area (Å²) < 4.78 is 11.2. The number of primary amides is 1. The average molecular weight is 415 g/mol. The summed E-state index contributed by atoms with van der Waals surface area (Å²) in [6.45, 7) is 4.89. The summed E-state index contributed by atoms with van der Waals surface area (Å²) >= 11 is 1.45. The standard InChI is InChI=1S/C22H26N2O4S/c1-3-27-16-11-9-14(13-17(16)28-4-2)10-12-19(25)24-22-20(21(23)26)15-7-5-6-8-18(15)29-22/h9-13H,3-8H2,1-2H3,(H2,23,26)(H,24,25)/b12-10+. The van der Waals surface area contributed by atoms with Crippen molar-refractivity contribution in [3.63, 3.8) is 0 Å². The zero-order valence-corrected chi connectivity index (χ0v) is 17.6. The molecule has 1 aromatic carbocycles. The van der Waals surface area contributed by atoms with Crippen molar-refractivity contribution in [3.05, 3.63) is 45.8 Å². The maximum Gasteiger partial charge on any atom is 0.251 e. The number of rotatable bonds is 8. The summed E-state index contributed by atoms with van der Waals surface area (Å²) in [6.07, 6.45) is 7.04. The van der Waals surface area contributed by atoms with E-state index in [0.717, 1.165) is 41.7 Å². The monoisotopic (exact) mass is 414 g/mol. The molecule has 2 aromatic rings. The van der Waals surface area contributed by atoms with Crippen molar-refractivity contribution in [1.82, 2.24) is 0 Å². The van der Waals surface area contributed by atoms with Gasteiger partial charge in [0.2, 0.25) is 5.91 Å². The number of carbonyl (C=O) groups is 2. The molecule has 2 amide bonds. The van der Waals surface area contributed by atoms with Crippen LogP contribution < -0.4 is 20.5 Å². The normalized spacial score (nSPS) is 13.2. The Morgan fingerprint density at radius 2 is 1.86 bits per heavy atom. The van der Waals surface area contributed by atoms with Crippen LogP contribution in [0.5, 0.6) is 11.5 Å². The molecular weight excluding hydrogens is 388 g/mol. The van der Waals surface area contributed by atoms with E-state index in [4.69, 9.17) is 15.2 Å². The second-order valence-electron chi connectivity index (χ2n) is 6.67. The molecule has 0 saturated heterocycles. The van der Waals surface area contributed by atoms with Gasteiger partial charge in [-0.25, -0.2) is 0 Å². The minimum absolute atomic E-state index is 0.307. The fourth-order valence-corrected chi connectivity index (χ4v) is 4.71. The highest BCUT2D eigenvalue weighted by Gasteiger charge is 2.24. The number of nitrogens with two attached hydrogens (primary N) is 1. The van der Waals surface area contributed by atoms with Gasteiger partial charge in [-0.1, -0.05) is 6.07 Å². The van der Waals surface area contributed by atoms with Crippen molar-refractivity contribution in [3.8, 4) is 11.5 Å². The Labute approximate surface area is 174 Å². The highest BCUT2D eigenvalue weighted by Crippen LogP contribution is 2.38. The van der Waals surface area contributed by atoms with Gasteiger partial charge in [-0.15, -0.1) is 11.3 Å². The lowest BCUT2D eigenvalue weighted by atomic mass is 9.95. The molecule has 0 radical (unpaired) electrons. The molecule has 0 unspecified atom stereocenters. The van der Waals surface area contributed by atoms with Crippen LogP contribution in [0.3, 0.4) is 0 Å². The van der Waals surface area contributed by atoms with E-state index in [0.29, 0.717) is 35.3 Å². The molecule has 1 aromatic heterocycles. The molecule has 0 spiro atoms. The number of ether oxygens (including phenoxy) is 2. The quantitative estimate of drug-likeness (QED) is 0.634. The molecule has 1 aliphatic rings. The van der Waals surface area contributed by atoms with Gasteiger partial charge in [-0.05, 0) is 68.9 Å². The molecule has 1 heterocycles. The number of aryl methyl sites for hydroxylation is 1. The average Bonchev–Trinajstić information content (AvgIpc) is 3.06. The Morgan fingerprint density at radius 1 is 1.14 bits per heavy atom. The topological polar surface area (TPSA) is 90.6 Å². The first kappa shape index (κ1) is 20.9. The van der Waals surface area contributed by atoms with Gasteiger partial charge in [0, 0.05) is 11.0 Å². The van der Waals surface area contributed by atoms with E-state index >= 15 is 0 Å². The first-order chi connectivity index (χ1) is 14.0. The maximum absolute atomic E-state index is 12.5. The number of fused-ring (bicyclic) bond motifs is 1. The summed E-state index contributed by atoms with van der Waals surface area (Å²) in [5.74, 6) is 0.513. The van der Waals surface area contributed by atoms with Gasteiger partial charge in [0.25, 0.3) is 5.91 Å². The van der Waals surface area contributed by atoms with Crippen LogP contribution in [0.1, 0.15) is 53.1 Å². The summed E-state index contributed by atoms with van der Waals surface area (Å²) in [4.78, 5) is 25.5. The summed E-state index contributed by atoms with van der Waals surface area (Å²) in [7, 11) is 0. The van der Waals surface area contributed by atoms with Gasteiger partial charge >= 0.3 is 0 Å². The van der Waals surface area contributed by atoms with Crippen LogP contribution in [-0.2, 0) is 17.6 Å².